The lowest BCUT2D eigenvalue weighted by Crippen LogP contribution is -2.34. The lowest BCUT2D eigenvalue weighted by atomic mass is 9.86. The molecule has 0 saturated heterocycles. The number of fused-ring (bicyclic) bond motifs is 8. The second-order valence-corrected chi connectivity index (χ2v) is 25.3. The van der Waals surface area contributed by atoms with Gasteiger partial charge in [0.1, 0.15) is 23.0 Å². The van der Waals surface area contributed by atoms with Crippen LogP contribution in [0.25, 0.3) is 0 Å². The summed E-state index contributed by atoms with van der Waals surface area (Å²) < 4.78 is 27.6. The Kier molecular flexibility index (Phi) is 27.1. The highest BCUT2D eigenvalue weighted by molar-refractivity contribution is 5.79. The number of carbonyl (C=O) groups excluding carboxylic acids is 4. The van der Waals surface area contributed by atoms with Crippen LogP contribution in [0, 0.1) is 17.8 Å². The molecule has 0 saturated carbocycles. The van der Waals surface area contributed by atoms with Gasteiger partial charge in [0, 0.05) is 78.0 Å². The third-order valence-electron chi connectivity index (χ3n) is 14.2. The first kappa shape index (κ1) is 67.6. The van der Waals surface area contributed by atoms with Gasteiger partial charge in [-0.3, -0.25) is 19.2 Å². The van der Waals surface area contributed by atoms with E-state index in [2.05, 4.69) is 125 Å². The molecule has 16 heteroatoms. The highest BCUT2D eigenvalue weighted by Crippen LogP contribution is 2.42. The molecule has 458 valence electrons. The summed E-state index contributed by atoms with van der Waals surface area (Å²) in [5, 5.41) is 12.2. The zero-order valence-electron chi connectivity index (χ0n) is 53.4. The van der Waals surface area contributed by atoms with Crippen molar-refractivity contribution in [2.45, 2.75) is 106 Å². The molecule has 4 amide bonds. The number of nitrogens with zero attached hydrogens (tertiary/aromatic N) is 4. The second-order valence-electron chi connectivity index (χ2n) is 25.3. The molecule has 0 unspecified atom stereocenters. The molecule has 4 aromatic carbocycles. The van der Waals surface area contributed by atoms with Crippen molar-refractivity contribution >= 4 is 23.6 Å². The van der Waals surface area contributed by atoms with Crippen molar-refractivity contribution in [2.24, 2.45) is 17.8 Å². The predicted molar refractivity (Wildman–Crippen MR) is 335 cm³/mol. The highest BCUT2D eigenvalue weighted by Gasteiger charge is 2.27. The van der Waals surface area contributed by atoms with Gasteiger partial charge in [-0.25, -0.2) is 0 Å². The Bertz CT molecular complexity index is 2630. The van der Waals surface area contributed by atoms with Crippen LogP contribution in [0.15, 0.2) is 48.5 Å². The molecule has 0 aliphatic heterocycles. The Morgan fingerprint density at radius 3 is 0.747 bits per heavy atom. The van der Waals surface area contributed by atoms with E-state index in [-0.39, 0.29) is 56.0 Å². The van der Waals surface area contributed by atoms with E-state index >= 15 is 0 Å². The lowest BCUT2D eigenvalue weighted by molar-refractivity contribution is -0.123. The molecule has 1 aliphatic carbocycles. The smallest absolute Gasteiger partial charge is 0.257 e. The largest absolute Gasteiger partial charge is 0.483 e. The first-order chi connectivity index (χ1) is 39.3. The summed E-state index contributed by atoms with van der Waals surface area (Å²) in [6, 6.07) is 17.6. The van der Waals surface area contributed by atoms with Crippen LogP contribution in [-0.4, -0.2) is 178 Å². The summed E-state index contributed by atoms with van der Waals surface area (Å²) in [5.41, 5.74) is 11.3. The molecule has 8 bridgehead atoms. The first-order valence-electron chi connectivity index (χ1n) is 30.1. The Morgan fingerprint density at radius 1 is 0.361 bits per heavy atom. The number of nitrogens with one attached hydrogen (secondary N) is 4. The van der Waals surface area contributed by atoms with Crippen molar-refractivity contribution in [1.29, 1.82) is 0 Å². The van der Waals surface area contributed by atoms with Crippen LogP contribution < -0.4 is 40.2 Å². The van der Waals surface area contributed by atoms with Crippen LogP contribution in [0.3, 0.4) is 0 Å². The van der Waals surface area contributed by atoms with Crippen LogP contribution in [-0.2, 0) is 64.1 Å². The molecule has 0 fully saturated rings. The molecule has 1 aliphatic rings. The summed E-state index contributed by atoms with van der Waals surface area (Å²) in [4.78, 5) is 63.2. The zero-order valence-corrected chi connectivity index (χ0v) is 53.4. The van der Waals surface area contributed by atoms with E-state index in [0.29, 0.717) is 119 Å². The lowest BCUT2D eigenvalue weighted by Gasteiger charge is -2.25. The van der Waals surface area contributed by atoms with Crippen LogP contribution in [0.5, 0.6) is 23.0 Å². The van der Waals surface area contributed by atoms with Gasteiger partial charge in [-0.2, -0.15) is 0 Å². The average Bonchev–Trinajstić information content (AvgIpc) is 3.56. The number of likely N-dealkylation sites (N-methyl/N-ethyl adjacent to an activating group) is 4. The number of rotatable bonds is 31. The molecule has 0 heterocycles. The third-order valence-corrected chi connectivity index (χ3v) is 14.2. The van der Waals surface area contributed by atoms with E-state index < -0.39 is 0 Å². The number of hydrogen-bond donors (Lipinski definition) is 4. The Hall–Kier alpha value is -6.20. The maximum absolute atomic E-state index is 13.8. The molecule has 0 atom stereocenters. The minimum absolute atomic E-state index is 0.105. The summed E-state index contributed by atoms with van der Waals surface area (Å²) in [5.74, 6) is 2.43. The van der Waals surface area contributed by atoms with Crippen LogP contribution in [0.2, 0.25) is 0 Å². The second kappa shape index (κ2) is 33.3. The van der Waals surface area contributed by atoms with E-state index in [4.69, 9.17) is 18.9 Å². The maximum atomic E-state index is 13.8. The van der Waals surface area contributed by atoms with Gasteiger partial charge >= 0.3 is 0 Å². The number of amides is 4. The number of hydrogen-bond acceptors (Lipinski definition) is 12. The van der Waals surface area contributed by atoms with Gasteiger partial charge in [0.2, 0.25) is 0 Å². The monoisotopic (exact) mass is 1150 g/mol. The van der Waals surface area contributed by atoms with Gasteiger partial charge in [0.25, 0.3) is 23.6 Å². The summed E-state index contributed by atoms with van der Waals surface area (Å²) in [6.07, 6.45) is 3.69. The molecule has 83 heavy (non-hydrogen) atoms. The summed E-state index contributed by atoms with van der Waals surface area (Å²) in [6.45, 7) is 21.3. The Balaban J connectivity index is 1.92. The first-order valence-corrected chi connectivity index (χ1v) is 30.1. The van der Waals surface area contributed by atoms with Gasteiger partial charge in [-0.1, -0.05) is 104 Å². The van der Waals surface area contributed by atoms with Crippen LogP contribution in [0.1, 0.15) is 128 Å². The van der Waals surface area contributed by atoms with Gasteiger partial charge in [0.15, 0.2) is 26.4 Å². The number of ether oxygens (including phenoxy) is 4. The highest BCUT2D eigenvalue weighted by atomic mass is 16.5. The van der Waals surface area contributed by atoms with Crippen molar-refractivity contribution in [1.82, 2.24) is 40.9 Å². The molecule has 0 spiro atoms. The normalized spacial score (nSPS) is 12.5. The quantitative estimate of drug-likeness (QED) is 0.0350. The average molecular weight is 1150 g/mol. The van der Waals surface area contributed by atoms with Gasteiger partial charge < -0.3 is 59.8 Å². The molecule has 5 rings (SSSR count). The van der Waals surface area contributed by atoms with Crippen molar-refractivity contribution < 1.29 is 38.1 Å². The standard InChI is InChI=1S/C67H102N8O8/c1-44(2)25-48-28-52-36-54-30-49(26-45(3)4)32-56(65(54)81-41-61(77)69-18-22-73(11)12)38-58-34-51(47(7)8)35-59(67(58)83-43-63(79)71-20-24-75(15)16)39-57-33-50(27-46(5)6)31-55(66(57)82-42-62(78)70-19-23-74(13)14)37-53(29-48)64(52)80-40-60(76)68-17-21-72(9)10/h28-35,44-47H,17-27,36-43H2,1-16H3,(H,68,76)(H,69,77)(H,70,78)(H,71,79). The Labute approximate surface area is 498 Å². The van der Waals surface area contributed by atoms with Crippen LogP contribution >= 0.6 is 0 Å². The van der Waals surface area contributed by atoms with E-state index in [1.165, 1.54) is 0 Å². The van der Waals surface area contributed by atoms with Crippen molar-refractivity contribution in [2.75, 3.05) is 135 Å². The topological polar surface area (TPSA) is 166 Å². The number of benzene rings is 4. The molecule has 4 N–H and O–H groups in total. The van der Waals surface area contributed by atoms with E-state index in [0.717, 1.165) is 86.0 Å². The molecule has 4 aromatic rings. The fourth-order valence-corrected chi connectivity index (χ4v) is 10.4. The van der Waals surface area contributed by atoms with E-state index in [1.807, 2.05) is 76.0 Å². The molecule has 0 aromatic heterocycles. The van der Waals surface area contributed by atoms with E-state index in [9.17, 15) is 19.2 Å². The van der Waals surface area contributed by atoms with Crippen LogP contribution in [0.4, 0.5) is 0 Å². The molecule has 16 nitrogen and oxygen atoms in total. The van der Waals surface area contributed by atoms with Gasteiger partial charge in [0.05, 0.1) is 0 Å². The predicted octanol–water partition coefficient (Wildman–Crippen LogP) is 7.31. The summed E-state index contributed by atoms with van der Waals surface area (Å²) in [7, 11) is 15.8. The Morgan fingerprint density at radius 2 is 0.566 bits per heavy atom. The SMILES string of the molecule is CC(C)Cc1cc2c(OCC(=O)NCCN(C)C)c(c1)Cc1cc(CC(C)C)cc(c1OCC(=O)NCCN(C)C)Cc1cc(C(C)C)cc(c1OCC(=O)NCCN(C)C)Cc1cc(CC(C)C)cc(c1OCC(=O)NCCN(C)C)C2. The minimum Gasteiger partial charge on any atom is -0.483 e. The fraction of sp³-hybridized carbons (Fsp3) is 0.582. The van der Waals surface area contributed by atoms with Crippen molar-refractivity contribution in [3.63, 3.8) is 0 Å². The fourth-order valence-electron chi connectivity index (χ4n) is 10.4. The summed E-state index contributed by atoms with van der Waals surface area (Å²) >= 11 is 0. The third kappa shape index (κ3) is 23.1. The van der Waals surface area contributed by atoms with E-state index in [1.54, 1.807) is 0 Å². The van der Waals surface area contributed by atoms with Gasteiger partial charge in [-0.15, -0.1) is 0 Å². The van der Waals surface area contributed by atoms with Crippen molar-refractivity contribution in [3.05, 3.63) is 115 Å². The van der Waals surface area contributed by atoms with Gasteiger partial charge in [-0.05, 0) is 166 Å². The number of carbonyl (C=O) groups is 4. The molecule has 0 radical (unpaired) electrons. The minimum atomic E-state index is -0.239. The molecular weight excluding hydrogens is 1040 g/mol. The zero-order chi connectivity index (χ0) is 60.9. The molecular formula is C67H102N8O8. The maximum Gasteiger partial charge on any atom is 0.257 e. The van der Waals surface area contributed by atoms with Crippen molar-refractivity contribution in [3.8, 4) is 23.0 Å².